The van der Waals surface area contributed by atoms with Crippen molar-refractivity contribution in [3.8, 4) is 0 Å². The third kappa shape index (κ3) is 7.86. The Labute approximate surface area is 260 Å². The van der Waals surface area contributed by atoms with Crippen LogP contribution in [0.15, 0.2) is 36.2 Å². The van der Waals surface area contributed by atoms with Crippen LogP contribution in [0.4, 0.5) is 18.9 Å². The average molecular weight is 641 g/mol. The lowest BCUT2D eigenvalue weighted by Crippen LogP contribution is -2.70. The number of esters is 1. The van der Waals surface area contributed by atoms with Crippen LogP contribution in [0.1, 0.15) is 59.3 Å². The fraction of sp³-hybridized carbons (Fsp3) is 0.613. The first-order valence-electron chi connectivity index (χ1n) is 15.1. The molecule has 9 nitrogen and oxygen atoms in total. The molecule has 6 atom stereocenters. The highest BCUT2D eigenvalue weighted by Crippen LogP contribution is 2.49. The zero-order valence-electron chi connectivity index (χ0n) is 25.1. The lowest BCUT2D eigenvalue weighted by Gasteiger charge is -2.54. The molecule has 13 heteroatoms. The van der Waals surface area contributed by atoms with E-state index in [0.29, 0.717) is 36.5 Å². The zero-order valence-corrected chi connectivity index (χ0v) is 25.8. The first-order valence-corrected chi connectivity index (χ1v) is 15.5. The van der Waals surface area contributed by atoms with Crippen molar-refractivity contribution < 1.29 is 37.1 Å². The molecule has 3 saturated heterocycles. The van der Waals surface area contributed by atoms with E-state index in [1.165, 1.54) is 11.8 Å². The number of anilines is 1. The molecule has 4 aliphatic rings. The topological polar surface area (TPSA) is 117 Å². The number of rotatable bonds is 12. The van der Waals surface area contributed by atoms with Gasteiger partial charge in [0.25, 0.3) is 5.92 Å². The second-order valence-corrected chi connectivity index (χ2v) is 12.6. The molecule has 1 saturated carbocycles. The van der Waals surface area contributed by atoms with Gasteiger partial charge in [-0.3, -0.25) is 14.4 Å². The molecular weight excluding hydrogens is 601 g/mol. The minimum absolute atomic E-state index is 0.0266. The number of fused-ring (bicyclic) bond motifs is 3. The van der Waals surface area contributed by atoms with Crippen molar-refractivity contribution in [3.05, 3.63) is 41.2 Å². The Morgan fingerprint density at radius 1 is 1.23 bits per heavy atom. The molecule has 44 heavy (non-hydrogen) atoms. The molecule has 2 bridgehead atoms. The van der Waals surface area contributed by atoms with Gasteiger partial charge < -0.3 is 25.6 Å². The third-order valence-corrected chi connectivity index (χ3v) is 8.71. The average Bonchev–Trinajstić information content (AvgIpc) is 3.35. The first-order chi connectivity index (χ1) is 20.8. The maximum absolute atomic E-state index is 15.3. The molecule has 1 aromatic rings. The summed E-state index contributed by atoms with van der Waals surface area (Å²) in [4.78, 5) is 53.7. The Morgan fingerprint density at radius 3 is 2.59 bits per heavy atom. The molecule has 0 aromatic heterocycles. The van der Waals surface area contributed by atoms with Crippen LogP contribution in [0, 0.1) is 17.8 Å². The van der Waals surface area contributed by atoms with Gasteiger partial charge >= 0.3 is 5.97 Å². The molecule has 5 rings (SSSR count). The quantitative estimate of drug-likeness (QED) is 0.227. The summed E-state index contributed by atoms with van der Waals surface area (Å²) >= 11 is 6.14. The van der Waals surface area contributed by atoms with E-state index in [4.69, 9.17) is 16.3 Å². The van der Waals surface area contributed by atoms with Crippen molar-refractivity contribution in [1.29, 1.82) is 0 Å². The van der Waals surface area contributed by atoms with Crippen molar-refractivity contribution in [3.63, 3.8) is 0 Å². The largest absolute Gasteiger partial charge is 0.461 e. The molecule has 0 spiro atoms. The number of nitrogens with zero attached hydrogens (tertiary/aromatic N) is 1. The number of benzene rings is 1. The Kier molecular flexibility index (Phi) is 10.9. The van der Waals surface area contributed by atoms with Gasteiger partial charge in [0.1, 0.15) is 12.1 Å². The van der Waals surface area contributed by atoms with E-state index in [0.717, 1.165) is 6.08 Å². The molecule has 3 aliphatic heterocycles. The number of nitrogens with one attached hydrogen (secondary N) is 3. The van der Waals surface area contributed by atoms with Crippen LogP contribution in [0.2, 0.25) is 5.02 Å². The van der Waals surface area contributed by atoms with E-state index in [1.807, 2.05) is 13.8 Å². The Bertz CT molecular complexity index is 1280. The van der Waals surface area contributed by atoms with Crippen LogP contribution in [0.3, 0.4) is 0 Å². The van der Waals surface area contributed by atoms with Crippen LogP contribution in [-0.2, 0) is 23.9 Å². The number of carbonyl (C=O) groups excluding carboxylic acids is 4. The minimum Gasteiger partial charge on any atom is -0.461 e. The summed E-state index contributed by atoms with van der Waals surface area (Å²) in [5.41, 5.74) is 0.569. The molecule has 3 heterocycles. The summed E-state index contributed by atoms with van der Waals surface area (Å²) in [5.74, 6) is -9.42. The molecule has 3 N–H and O–H groups in total. The number of ether oxygens (including phenoxy) is 1. The molecular formula is C31H40ClF3N4O5. The number of halogens is 4. The van der Waals surface area contributed by atoms with E-state index in [-0.39, 0.29) is 31.3 Å². The fourth-order valence-electron chi connectivity index (χ4n) is 6.53. The van der Waals surface area contributed by atoms with Crippen LogP contribution in [0.25, 0.3) is 0 Å². The van der Waals surface area contributed by atoms with Gasteiger partial charge in [0.2, 0.25) is 23.5 Å². The van der Waals surface area contributed by atoms with Crippen LogP contribution in [0.5, 0.6) is 0 Å². The van der Waals surface area contributed by atoms with Gasteiger partial charge in [-0.05, 0) is 69.2 Å². The normalized spacial score (nSPS) is 25.8. The van der Waals surface area contributed by atoms with Crippen LogP contribution in [-0.4, -0.2) is 71.8 Å². The highest BCUT2D eigenvalue weighted by atomic mass is 35.5. The highest BCUT2D eigenvalue weighted by Gasteiger charge is 2.61. The summed E-state index contributed by atoms with van der Waals surface area (Å²) in [6.07, 6.45) is 1.32. The van der Waals surface area contributed by atoms with Crippen LogP contribution >= 0.6 is 11.6 Å². The lowest BCUT2D eigenvalue weighted by molar-refractivity contribution is -0.194. The van der Waals surface area contributed by atoms with Crippen molar-refractivity contribution in [2.24, 2.45) is 17.8 Å². The smallest absolute Gasteiger partial charge is 0.366 e. The Balaban J connectivity index is 1.65. The third-order valence-electron chi connectivity index (χ3n) is 8.48. The molecule has 0 unspecified atom stereocenters. The minimum atomic E-state index is -3.21. The SMILES string of the molecule is CCOC(=O)/C(F)=C/[C@H](C[C@@H]1CCNC1=O)NC(=O)[C@@H]1[C@@H]2CC[C@@H](CC2(F)F)N1C(=O)[C@@H](CC(C)C)Nc1cccc(Cl)c1. The summed E-state index contributed by atoms with van der Waals surface area (Å²) in [5, 5.41) is 8.90. The lowest BCUT2D eigenvalue weighted by atomic mass is 9.71. The molecule has 1 aromatic carbocycles. The predicted molar refractivity (Wildman–Crippen MR) is 159 cm³/mol. The molecule has 0 radical (unpaired) electrons. The maximum Gasteiger partial charge on any atom is 0.366 e. The number of hydrogen-bond acceptors (Lipinski definition) is 6. The molecule has 1 aliphatic carbocycles. The summed E-state index contributed by atoms with van der Waals surface area (Å²) < 4.78 is 50.1. The monoisotopic (exact) mass is 640 g/mol. The summed E-state index contributed by atoms with van der Waals surface area (Å²) in [6, 6.07) is 2.33. The van der Waals surface area contributed by atoms with Gasteiger partial charge in [-0.25, -0.2) is 13.6 Å². The van der Waals surface area contributed by atoms with Crippen molar-refractivity contribution in [1.82, 2.24) is 15.5 Å². The number of hydrogen-bond donors (Lipinski definition) is 3. The number of piperidine rings is 2. The fourth-order valence-corrected chi connectivity index (χ4v) is 6.72. The van der Waals surface area contributed by atoms with Gasteiger partial charge in [0.05, 0.1) is 18.6 Å². The number of amides is 3. The second kappa shape index (κ2) is 14.2. The number of carbonyl (C=O) groups is 4. The summed E-state index contributed by atoms with van der Waals surface area (Å²) in [6.45, 7) is 5.67. The molecule has 4 fully saturated rings. The Hall–Kier alpha value is -3.28. The van der Waals surface area contributed by atoms with Crippen molar-refractivity contribution in [2.75, 3.05) is 18.5 Å². The van der Waals surface area contributed by atoms with Crippen molar-refractivity contribution in [2.45, 2.75) is 89.4 Å². The van der Waals surface area contributed by atoms with Gasteiger partial charge in [-0.1, -0.05) is 31.5 Å². The van der Waals surface area contributed by atoms with Gasteiger partial charge in [-0.15, -0.1) is 0 Å². The molecule has 242 valence electrons. The van der Waals surface area contributed by atoms with Gasteiger partial charge in [-0.2, -0.15) is 4.39 Å². The number of alkyl halides is 2. The Morgan fingerprint density at radius 2 is 1.98 bits per heavy atom. The van der Waals surface area contributed by atoms with Gasteiger partial charge in [0, 0.05) is 35.6 Å². The van der Waals surface area contributed by atoms with Gasteiger partial charge in [0.15, 0.2) is 0 Å². The van der Waals surface area contributed by atoms with E-state index in [2.05, 4.69) is 16.0 Å². The predicted octanol–water partition coefficient (Wildman–Crippen LogP) is 4.61. The van der Waals surface area contributed by atoms with Crippen LogP contribution < -0.4 is 16.0 Å². The molecule has 3 amide bonds. The van der Waals surface area contributed by atoms with E-state index >= 15 is 8.78 Å². The van der Waals surface area contributed by atoms with E-state index in [1.54, 1.807) is 24.3 Å². The summed E-state index contributed by atoms with van der Waals surface area (Å²) in [7, 11) is 0. The zero-order chi connectivity index (χ0) is 32.2. The van der Waals surface area contributed by atoms with Crippen molar-refractivity contribution >= 4 is 41.0 Å². The van der Waals surface area contributed by atoms with E-state index in [9.17, 15) is 23.6 Å². The highest BCUT2D eigenvalue weighted by molar-refractivity contribution is 6.30. The first kappa shape index (κ1) is 33.6. The standard InChI is InChI=1S/C31H40ClF3N4O5/c1-4-44-30(43)24(33)15-21(13-18-10-11-36-27(18)40)38-28(41)26-23-9-8-22(16-31(23,34)35)39(26)29(42)25(12-17(2)3)37-20-7-5-6-19(32)14-20/h5-7,14-15,17-18,21-23,25-26,37H,4,8-13,16H2,1-3H3,(H,36,40)(H,38,41)/b24-15-/t18-,21-,22-,23-,25+,26-/m0/s1. The maximum atomic E-state index is 15.3. The van der Waals surface area contributed by atoms with E-state index < -0.39 is 72.0 Å². The second-order valence-electron chi connectivity index (χ2n) is 12.2.